The van der Waals surface area contributed by atoms with Crippen LogP contribution in [0.25, 0.3) is 11.0 Å². The third kappa shape index (κ3) is 2.46. The molecule has 0 fully saturated rings. The number of amides is 1. The van der Waals surface area contributed by atoms with Gasteiger partial charge in [0.05, 0.1) is 11.0 Å². The van der Waals surface area contributed by atoms with Crippen LogP contribution >= 0.6 is 0 Å². The molecule has 0 saturated heterocycles. The summed E-state index contributed by atoms with van der Waals surface area (Å²) in [5.41, 5.74) is 1.93. The number of aryl methyl sites for hydroxylation is 1. The molecule has 4 nitrogen and oxygen atoms in total. The van der Waals surface area contributed by atoms with Crippen LogP contribution in [0.2, 0.25) is 0 Å². The highest BCUT2D eigenvalue weighted by Crippen LogP contribution is 2.17. The molecule has 1 aromatic heterocycles. The van der Waals surface area contributed by atoms with Crippen molar-refractivity contribution in [1.29, 1.82) is 0 Å². The van der Waals surface area contributed by atoms with E-state index in [1.165, 1.54) is 0 Å². The minimum absolute atomic E-state index is 0.0326. The number of imidazole rings is 1. The second-order valence-corrected chi connectivity index (χ2v) is 4.13. The second-order valence-electron chi connectivity index (χ2n) is 4.13. The molecule has 0 bridgehead atoms. The lowest BCUT2D eigenvalue weighted by molar-refractivity contribution is -0.116. The van der Waals surface area contributed by atoms with Crippen molar-refractivity contribution < 1.29 is 4.79 Å². The summed E-state index contributed by atoms with van der Waals surface area (Å²) in [5.74, 6) is 0.651. The Kier molecular flexibility index (Phi) is 3.42. The molecule has 17 heavy (non-hydrogen) atoms. The molecule has 0 radical (unpaired) electrons. The summed E-state index contributed by atoms with van der Waals surface area (Å²) in [4.78, 5) is 16.0. The van der Waals surface area contributed by atoms with Gasteiger partial charge < -0.3 is 4.57 Å². The molecule has 0 aliphatic rings. The Morgan fingerprint density at radius 2 is 2.18 bits per heavy atom. The predicted molar refractivity (Wildman–Crippen MR) is 68.9 cm³/mol. The Morgan fingerprint density at radius 3 is 2.88 bits per heavy atom. The van der Waals surface area contributed by atoms with Crippen LogP contribution in [0.4, 0.5) is 5.95 Å². The number of benzene rings is 1. The lowest BCUT2D eigenvalue weighted by Gasteiger charge is -2.04. The summed E-state index contributed by atoms with van der Waals surface area (Å²) in [5, 5.41) is 2.85. The van der Waals surface area contributed by atoms with E-state index in [2.05, 4.69) is 17.2 Å². The van der Waals surface area contributed by atoms with Crippen LogP contribution < -0.4 is 5.32 Å². The molecule has 0 aliphatic carbocycles. The summed E-state index contributed by atoms with van der Waals surface area (Å²) in [6.07, 6.45) is 2.49. The van der Waals surface area contributed by atoms with Gasteiger partial charge >= 0.3 is 0 Å². The molecule has 1 heterocycles. The first-order valence-corrected chi connectivity index (χ1v) is 5.93. The quantitative estimate of drug-likeness (QED) is 0.879. The molecule has 2 rings (SSSR count). The van der Waals surface area contributed by atoms with Gasteiger partial charge in [-0.25, -0.2) is 4.98 Å². The highest BCUT2D eigenvalue weighted by atomic mass is 16.1. The van der Waals surface area contributed by atoms with Crippen LogP contribution in [0.5, 0.6) is 0 Å². The Balaban J connectivity index is 2.19. The Hall–Kier alpha value is -1.84. The molecule has 0 spiro atoms. The maximum atomic E-state index is 11.6. The molecule has 2 aromatic rings. The summed E-state index contributed by atoms with van der Waals surface area (Å²) in [6.45, 7) is 2.07. The number of hydrogen-bond acceptors (Lipinski definition) is 2. The number of carbonyl (C=O) groups excluding carboxylic acids is 1. The van der Waals surface area contributed by atoms with E-state index in [9.17, 15) is 4.79 Å². The molecule has 0 aliphatic heterocycles. The van der Waals surface area contributed by atoms with Crippen molar-refractivity contribution in [3.63, 3.8) is 0 Å². The van der Waals surface area contributed by atoms with Crippen LogP contribution in [-0.4, -0.2) is 15.5 Å². The minimum atomic E-state index is 0.0326. The van der Waals surface area contributed by atoms with Gasteiger partial charge in [-0.3, -0.25) is 10.1 Å². The SMILES string of the molecule is CCCCC(=O)Nc1nc2ccccc2n1C. The normalized spacial score (nSPS) is 10.7. The van der Waals surface area contributed by atoms with Crippen molar-refractivity contribution in [3.8, 4) is 0 Å². The van der Waals surface area contributed by atoms with Crippen molar-refractivity contribution in [2.45, 2.75) is 26.2 Å². The first-order valence-electron chi connectivity index (χ1n) is 5.93. The highest BCUT2D eigenvalue weighted by Gasteiger charge is 2.09. The summed E-state index contributed by atoms with van der Waals surface area (Å²) in [6, 6.07) is 7.84. The van der Waals surface area contributed by atoms with Crippen LogP contribution in [0.1, 0.15) is 26.2 Å². The number of aromatic nitrogens is 2. The third-order valence-electron chi connectivity index (χ3n) is 2.80. The van der Waals surface area contributed by atoms with Crippen molar-refractivity contribution >= 4 is 22.9 Å². The van der Waals surface area contributed by atoms with Gasteiger partial charge in [0.25, 0.3) is 0 Å². The second kappa shape index (κ2) is 4.99. The molecule has 0 unspecified atom stereocenters. The largest absolute Gasteiger partial charge is 0.313 e. The number of hydrogen-bond donors (Lipinski definition) is 1. The van der Waals surface area contributed by atoms with Crippen molar-refractivity contribution in [1.82, 2.24) is 9.55 Å². The molecule has 4 heteroatoms. The number of anilines is 1. The van der Waals surface area contributed by atoms with Gasteiger partial charge in [0, 0.05) is 13.5 Å². The minimum Gasteiger partial charge on any atom is -0.313 e. The number of nitrogens with one attached hydrogen (secondary N) is 1. The van der Waals surface area contributed by atoms with Gasteiger partial charge in [-0.2, -0.15) is 0 Å². The number of nitrogens with zero attached hydrogens (tertiary/aromatic N) is 2. The zero-order valence-electron chi connectivity index (χ0n) is 10.2. The fraction of sp³-hybridized carbons (Fsp3) is 0.385. The number of fused-ring (bicyclic) bond motifs is 1. The van der Waals surface area contributed by atoms with Gasteiger partial charge in [-0.15, -0.1) is 0 Å². The van der Waals surface area contributed by atoms with Gasteiger partial charge in [-0.1, -0.05) is 25.5 Å². The molecule has 90 valence electrons. The van der Waals surface area contributed by atoms with Crippen molar-refractivity contribution in [2.75, 3.05) is 5.32 Å². The zero-order chi connectivity index (χ0) is 12.3. The Bertz CT molecular complexity index is 530. The fourth-order valence-corrected chi connectivity index (χ4v) is 1.78. The van der Waals surface area contributed by atoms with E-state index >= 15 is 0 Å². The monoisotopic (exact) mass is 231 g/mol. The average molecular weight is 231 g/mol. The molecule has 1 N–H and O–H groups in total. The van der Waals surface area contributed by atoms with E-state index in [-0.39, 0.29) is 5.91 Å². The first kappa shape index (κ1) is 11.6. The maximum Gasteiger partial charge on any atom is 0.226 e. The summed E-state index contributed by atoms with van der Waals surface area (Å²) in [7, 11) is 1.91. The number of para-hydroxylation sites is 2. The summed E-state index contributed by atoms with van der Waals surface area (Å²) >= 11 is 0. The lowest BCUT2D eigenvalue weighted by atomic mass is 10.2. The molecular weight excluding hydrogens is 214 g/mol. The van der Waals surface area contributed by atoms with E-state index in [1.807, 2.05) is 35.9 Å². The van der Waals surface area contributed by atoms with Gasteiger partial charge in [0.15, 0.2) is 0 Å². The maximum absolute atomic E-state index is 11.6. The number of carbonyl (C=O) groups is 1. The molecular formula is C13H17N3O. The number of unbranched alkanes of at least 4 members (excludes halogenated alkanes) is 1. The van der Waals surface area contributed by atoms with Crippen LogP contribution in [0, 0.1) is 0 Å². The average Bonchev–Trinajstić information content (AvgIpc) is 2.64. The predicted octanol–water partition coefficient (Wildman–Crippen LogP) is 2.70. The fourth-order valence-electron chi connectivity index (χ4n) is 1.78. The van der Waals surface area contributed by atoms with E-state index in [1.54, 1.807) is 0 Å². The Labute approximate surface area is 101 Å². The van der Waals surface area contributed by atoms with Crippen LogP contribution in [0.15, 0.2) is 24.3 Å². The third-order valence-corrected chi connectivity index (χ3v) is 2.80. The zero-order valence-corrected chi connectivity index (χ0v) is 10.2. The first-order chi connectivity index (χ1) is 8.22. The molecule has 1 amide bonds. The topological polar surface area (TPSA) is 46.9 Å². The molecule has 1 aromatic carbocycles. The van der Waals surface area contributed by atoms with E-state index in [4.69, 9.17) is 0 Å². The van der Waals surface area contributed by atoms with Gasteiger partial charge in [0.2, 0.25) is 11.9 Å². The summed E-state index contributed by atoms with van der Waals surface area (Å²) < 4.78 is 1.90. The van der Waals surface area contributed by atoms with E-state index in [0.29, 0.717) is 12.4 Å². The van der Waals surface area contributed by atoms with Crippen molar-refractivity contribution in [3.05, 3.63) is 24.3 Å². The number of rotatable bonds is 4. The van der Waals surface area contributed by atoms with E-state index < -0.39 is 0 Å². The van der Waals surface area contributed by atoms with E-state index in [0.717, 1.165) is 23.9 Å². The lowest BCUT2D eigenvalue weighted by Crippen LogP contribution is -2.14. The van der Waals surface area contributed by atoms with Gasteiger partial charge in [-0.05, 0) is 18.6 Å². The van der Waals surface area contributed by atoms with Crippen molar-refractivity contribution in [2.24, 2.45) is 7.05 Å². The molecule has 0 atom stereocenters. The smallest absolute Gasteiger partial charge is 0.226 e. The highest BCUT2D eigenvalue weighted by molar-refractivity contribution is 5.91. The standard InChI is InChI=1S/C13H17N3O/c1-3-4-9-12(17)15-13-14-10-7-5-6-8-11(10)16(13)2/h5-8H,3-4,9H2,1-2H3,(H,14,15,17). The molecule has 0 saturated carbocycles. The van der Waals surface area contributed by atoms with Gasteiger partial charge in [0.1, 0.15) is 0 Å². The Morgan fingerprint density at radius 1 is 1.41 bits per heavy atom. The van der Waals surface area contributed by atoms with Crippen LogP contribution in [0.3, 0.4) is 0 Å². The van der Waals surface area contributed by atoms with Crippen LogP contribution in [-0.2, 0) is 11.8 Å².